The van der Waals surface area contributed by atoms with Gasteiger partial charge in [0.05, 0.1) is 12.2 Å². The Morgan fingerprint density at radius 2 is 1.93 bits per heavy atom. The lowest BCUT2D eigenvalue weighted by molar-refractivity contribution is -0.151. The van der Waals surface area contributed by atoms with E-state index in [1.807, 2.05) is 18.4 Å². The minimum absolute atomic E-state index is 0.0702. The summed E-state index contributed by atoms with van der Waals surface area (Å²) in [6, 6.07) is 7.86. The second kappa shape index (κ2) is 7.15. The highest BCUT2D eigenvalue weighted by Crippen LogP contribution is 2.33. The number of carboxylic acid groups (broad SMARTS) is 1. The smallest absolute Gasteiger partial charge is 0.313 e. The van der Waals surface area contributed by atoms with Gasteiger partial charge in [-0.3, -0.25) is 9.59 Å². The molecule has 1 aliphatic rings. The van der Waals surface area contributed by atoms with Crippen LogP contribution in [0.1, 0.15) is 28.2 Å². The van der Waals surface area contributed by atoms with E-state index >= 15 is 0 Å². The van der Waals surface area contributed by atoms with Gasteiger partial charge in [-0.1, -0.05) is 0 Å². The molecule has 0 saturated carbocycles. The monoisotopic (exact) mass is 374 g/mol. The second-order valence-corrected chi connectivity index (χ2v) is 7.09. The van der Waals surface area contributed by atoms with Crippen LogP contribution in [-0.2, 0) is 9.53 Å². The maximum atomic E-state index is 13.2. The van der Waals surface area contributed by atoms with Gasteiger partial charge in [0.15, 0.2) is 0 Å². The molecule has 0 radical (unpaired) electrons. The van der Waals surface area contributed by atoms with Crippen molar-refractivity contribution in [1.29, 1.82) is 0 Å². The fraction of sp³-hybridized carbons (Fsp3) is 0.400. The molecular weight excluding hydrogens is 351 g/mol. The highest BCUT2D eigenvalue weighted by molar-refractivity contribution is 5.96. The van der Waals surface area contributed by atoms with Crippen LogP contribution >= 0.6 is 0 Å². The molecule has 1 unspecified atom stereocenters. The average molecular weight is 374 g/mol. The molecule has 144 valence electrons. The normalized spacial score (nSPS) is 19.5. The SMILES string of the molecule is COCC1(C(=O)O)CCN(C(=O)c2cc(C)n(-c3ccc(F)cc3)c2C)C1. The number of carbonyl (C=O) groups excluding carboxylic acids is 1. The summed E-state index contributed by atoms with van der Waals surface area (Å²) in [5, 5.41) is 9.59. The molecule has 27 heavy (non-hydrogen) atoms. The number of aliphatic carboxylic acids is 1. The predicted molar refractivity (Wildman–Crippen MR) is 97.7 cm³/mol. The van der Waals surface area contributed by atoms with Gasteiger partial charge in [0.1, 0.15) is 11.2 Å². The topological polar surface area (TPSA) is 71.8 Å². The third kappa shape index (κ3) is 3.35. The number of benzene rings is 1. The quantitative estimate of drug-likeness (QED) is 0.874. The number of carbonyl (C=O) groups is 2. The fourth-order valence-corrected chi connectivity index (χ4v) is 3.81. The number of amides is 1. The van der Waals surface area contributed by atoms with Crippen LogP contribution in [0.3, 0.4) is 0 Å². The number of halogens is 1. The summed E-state index contributed by atoms with van der Waals surface area (Å²) in [6.45, 7) is 4.27. The Morgan fingerprint density at radius 1 is 1.26 bits per heavy atom. The summed E-state index contributed by atoms with van der Waals surface area (Å²) < 4.78 is 20.2. The van der Waals surface area contributed by atoms with Gasteiger partial charge in [-0.15, -0.1) is 0 Å². The third-order valence-corrected chi connectivity index (χ3v) is 5.26. The van der Waals surface area contributed by atoms with E-state index in [9.17, 15) is 19.1 Å². The molecule has 6 nitrogen and oxygen atoms in total. The Kier molecular flexibility index (Phi) is 5.06. The van der Waals surface area contributed by atoms with Crippen molar-refractivity contribution in [3.05, 3.63) is 53.1 Å². The van der Waals surface area contributed by atoms with Crippen LogP contribution in [0.4, 0.5) is 4.39 Å². The highest BCUT2D eigenvalue weighted by Gasteiger charge is 2.46. The van der Waals surface area contributed by atoms with Crippen molar-refractivity contribution in [2.24, 2.45) is 5.41 Å². The Hall–Kier alpha value is -2.67. The molecule has 1 N–H and O–H groups in total. The summed E-state index contributed by atoms with van der Waals surface area (Å²) >= 11 is 0. The molecule has 1 amide bonds. The molecule has 2 aromatic rings. The van der Waals surface area contributed by atoms with Crippen molar-refractivity contribution in [3.63, 3.8) is 0 Å². The van der Waals surface area contributed by atoms with Crippen LogP contribution < -0.4 is 0 Å². The zero-order valence-corrected chi connectivity index (χ0v) is 15.7. The van der Waals surface area contributed by atoms with Gasteiger partial charge >= 0.3 is 5.97 Å². The van der Waals surface area contributed by atoms with Gasteiger partial charge in [0.25, 0.3) is 5.91 Å². The van der Waals surface area contributed by atoms with Gasteiger partial charge in [-0.05, 0) is 50.6 Å². The predicted octanol–water partition coefficient (Wildman–Crippen LogP) is 2.80. The number of methoxy groups -OCH3 is 1. The van der Waals surface area contributed by atoms with E-state index in [1.54, 1.807) is 23.1 Å². The van der Waals surface area contributed by atoms with Crippen LogP contribution in [0.5, 0.6) is 0 Å². The Bertz CT molecular complexity index is 875. The first-order chi connectivity index (χ1) is 12.8. The highest BCUT2D eigenvalue weighted by atomic mass is 19.1. The standard InChI is InChI=1S/C20H23FN2O4/c1-13-10-17(14(2)23(13)16-6-4-15(21)5-7-16)18(24)22-9-8-20(11-22,12-27-3)19(25)26/h4-7,10H,8-9,11-12H2,1-3H3,(H,25,26). The average Bonchev–Trinajstić information content (AvgIpc) is 3.18. The molecule has 2 heterocycles. The number of aromatic nitrogens is 1. The number of rotatable bonds is 5. The summed E-state index contributed by atoms with van der Waals surface area (Å²) in [7, 11) is 1.46. The lowest BCUT2D eigenvalue weighted by atomic mass is 9.88. The van der Waals surface area contributed by atoms with Crippen molar-refractivity contribution >= 4 is 11.9 Å². The summed E-state index contributed by atoms with van der Waals surface area (Å²) in [5.74, 6) is -1.47. The van der Waals surface area contributed by atoms with E-state index in [-0.39, 0.29) is 24.9 Å². The number of nitrogens with zero attached hydrogens (tertiary/aromatic N) is 2. The number of aryl methyl sites for hydroxylation is 1. The third-order valence-electron chi connectivity index (χ3n) is 5.26. The summed E-state index contributed by atoms with van der Waals surface area (Å²) in [6.07, 6.45) is 0.360. The molecule has 7 heteroatoms. The van der Waals surface area contributed by atoms with Crippen LogP contribution in [0, 0.1) is 25.1 Å². The Balaban J connectivity index is 1.89. The minimum atomic E-state index is -1.06. The molecule has 1 saturated heterocycles. The summed E-state index contributed by atoms with van der Waals surface area (Å²) in [4.78, 5) is 26.3. The van der Waals surface area contributed by atoms with E-state index in [1.165, 1.54) is 19.2 Å². The summed E-state index contributed by atoms with van der Waals surface area (Å²) in [5.41, 5.74) is 1.82. The van der Waals surface area contributed by atoms with Crippen LogP contribution in [0.2, 0.25) is 0 Å². The van der Waals surface area contributed by atoms with Crippen LogP contribution in [0.25, 0.3) is 5.69 Å². The van der Waals surface area contributed by atoms with E-state index in [2.05, 4.69) is 0 Å². The van der Waals surface area contributed by atoms with Gasteiger partial charge < -0.3 is 19.3 Å². The number of carboxylic acids is 1. The molecule has 0 spiro atoms. The number of hydrogen-bond acceptors (Lipinski definition) is 3. The van der Waals surface area contributed by atoms with E-state index < -0.39 is 11.4 Å². The molecule has 1 fully saturated rings. The van der Waals surface area contributed by atoms with Gasteiger partial charge in [0.2, 0.25) is 0 Å². The molecule has 1 aliphatic heterocycles. The van der Waals surface area contributed by atoms with Crippen molar-refractivity contribution < 1.29 is 23.8 Å². The zero-order valence-electron chi connectivity index (χ0n) is 15.7. The molecular formula is C20H23FN2O4. The van der Waals surface area contributed by atoms with E-state index in [0.717, 1.165) is 17.1 Å². The van der Waals surface area contributed by atoms with Crippen LogP contribution in [0.15, 0.2) is 30.3 Å². The largest absolute Gasteiger partial charge is 0.481 e. The van der Waals surface area contributed by atoms with Crippen molar-refractivity contribution in [3.8, 4) is 5.69 Å². The first kappa shape index (κ1) is 19.1. The maximum absolute atomic E-state index is 13.2. The maximum Gasteiger partial charge on any atom is 0.313 e. The first-order valence-corrected chi connectivity index (χ1v) is 8.75. The fourth-order valence-electron chi connectivity index (χ4n) is 3.81. The lowest BCUT2D eigenvalue weighted by Crippen LogP contribution is -2.40. The first-order valence-electron chi connectivity index (χ1n) is 8.75. The van der Waals surface area contributed by atoms with Crippen molar-refractivity contribution in [1.82, 2.24) is 9.47 Å². The lowest BCUT2D eigenvalue weighted by Gasteiger charge is -2.23. The molecule has 1 aromatic carbocycles. The number of likely N-dealkylation sites (tertiary alicyclic amines) is 1. The van der Waals surface area contributed by atoms with Crippen molar-refractivity contribution in [2.45, 2.75) is 20.3 Å². The molecule has 1 aromatic heterocycles. The second-order valence-electron chi connectivity index (χ2n) is 7.09. The van der Waals surface area contributed by atoms with E-state index in [4.69, 9.17) is 4.74 Å². The van der Waals surface area contributed by atoms with Crippen LogP contribution in [-0.4, -0.2) is 53.3 Å². The zero-order chi connectivity index (χ0) is 19.8. The number of ether oxygens (including phenoxy) is 1. The Morgan fingerprint density at radius 3 is 2.52 bits per heavy atom. The van der Waals surface area contributed by atoms with Gasteiger partial charge in [0, 0.05) is 37.3 Å². The number of hydrogen-bond donors (Lipinski definition) is 1. The molecule has 0 aliphatic carbocycles. The molecule has 3 rings (SSSR count). The van der Waals surface area contributed by atoms with Crippen molar-refractivity contribution in [2.75, 3.05) is 26.8 Å². The van der Waals surface area contributed by atoms with E-state index in [0.29, 0.717) is 18.5 Å². The van der Waals surface area contributed by atoms with Gasteiger partial charge in [-0.25, -0.2) is 4.39 Å². The Labute approximate surface area is 157 Å². The molecule has 0 bridgehead atoms. The molecule has 1 atom stereocenters. The van der Waals surface area contributed by atoms with Gasteiger partial charge in [-0.2, -0.15) is 0 Å². The minimum Gasteiger partial charge on any atom is -0.481 e.